The van der Waals surface area contributed by atoms with Gasteiger partial charge in [-0.25, -0.2) is 4.79 Å². The number of carbonyl (C=O) groups is 3. The standard InChI is InChI=1S/C20H19N3O5/c1-28-20(27)14-12-23(10-11-24)19(26)17(14)22-15-7-3-2-6-13(15)18(25)16-8-4-5-9-21-16/h2-9,22,24H,10-12H2,1H3. The predicted octanol–water partition coefficient (Wildman–Crippen LogP) is 0.986. The highest BCUT2D eigenvalue weighted by Crippen LogP contribution is 2.26. The molecule has 1 aliphatic rings. The molecule has 144 valence electrons. The third kappa shape index (κ3) is 3.77. The number of ketones is 1. The number of ether oxygens (including phenoxy) is 1. The fourth-order valence-corrected chi connectivity index (χ4v) is 2.91. The van der Waals surface area contributed by atoms with Crippen molar-refractivity contribution in [2.45, 2.75) is 0 Å². The van der Waals surface area contributed by atoms with E-state index in [1.165, 1.54) is 18.2 Å². The highest BCUT2D eigenvalue weighted by Gasteiger charge is 2.35. The number of para-hydroxylation sites is 1. The number of esters is 1. The number of hydrogen-bond acceptors (Lipinski definition) is 7. The molecule has 2 N–H and O–H groups in total. The molecule has 0 saturated carbocycles. The van der Waals surface area contributed by atoms with Crippen LogP contribution in [0.2, 0.25) is 0 Å². The molecule has 3 rings (SSSR count). The number of aliphatic hydroxyl groups is 1. The molecule has 0 unspecified atom stereocenters. The third-order valence-corrected chi connectivity index (χ3v) is 4.28. The van der Waals surface area contributed by atoms with Crippen LogP contribution in [0.5, 0.6) is 0 Å². The maximum atomic E-state index is 12.8. The summed E-state index contributed by atoms with van der Waals surface area (Å²) in [5, 5.41) is 12.1. The van der Waals surface area contributed by atoms with Gasteiger partial charge in [-0.3, -0.25) is 14.6 Å². The molecule has 1 aliphatic heterocycles. The Morgan fingerprint density at radius 1 is 1.21 bits per heavy atom. The summed E-state index contributed by atoms with van der Waals surface area (Å²) in [7, 11) is 1.23. The topological polar surface area (TPSA) is 109 Å². The summed E-state index contributed by atoms with van der Waals surface area (Å²) < 4.78 is 4.77. The molecular weight excluding hydrogens is 362 g/mol. The Balaban J connectivity index is 1.97. The van der Waals surface area contributed by atoms with Gasteiger partial charge in [0.1, 0.15) is 11.4 Å². The van der Waals surface area contributed by atoms with Crippen molar-refractivity contribution in [3.63, 3.8) is 0 Å². The molecule has 0 atom stereocenters. The van der Waals surface area contributed by atoms with Crippen molar-refractivity contribution >= 4 is 23.3 Å². The largest absolute Gasteiger partial charge is 0.466 e. The molecule has 0 spiro atoms. The van der Waals surface area contributed by atoms with E-state index in [-0.39, 0.29) is 42.4 Å². The van der Waals surface area contributed by atoms with Crippen molar-refractivity contribution in [3.8, 4) is 0 Å². The monoisotopic (exact) mass is 381 g/mol. The zero-order valence-electron chi connectivity index (χ0n) is 15.2. The van der Waals surface area contributed by atoms with E-state index in [9.17, 15) is 14.4 Å². The summed E-state index contributed by atoms with van der Waals surface area (Å²) in [6.07, 6.45) is 1.52. The lowest BCUT2D eigenvalue weighted by molar-refractivity contribution is -0.136. The molecule has 2 aromatic rings. The van der Waals surface area contributed by atoms with Gasteiger partial charge in [-0.1, -0.05) is 18.2 Å². The van der Waals surface area contributed by atoms with Crippen LogP contribution in [0.4, 0.5) is 5.69 Å². The molecule has 0 fully saturated rings. The van der Waals surface area contributed by atoms with E-state index in [0.29, 0.717) is 11.3 Å². The number of pyridine rings is 1. The highest BCUT2D eigenvalue weighted by molar-refractivity contribution is 6.13. The third-order valence-electron chi connectivity index (χ3n) is 4.28. The number of amides is 1. The number of hydrogen-bond donors (Lipinski definition) is 2. The molecule has 1 aromatic heterocycles. The quantitative estimate of drug-likeness (QED) is 0.544. The normalized spacial score (nSPS) is 13.6. The molecule has 0 radical (unpaired) electrons. The minimum atomic E-state index is -0.648. The van der Waals surface area contributed by atoms with E-state index in [2.05, 4.69) is 10.3 Å². The molecule has 1 amide bonds. The van der Waals surface area contributed by atoms with Gasteiger partial charge >= 0.3 is 5.97 Å². The average Bonchev–Trinajstić information content (AvgIpc) is 3.04. The van der Waals surface area contributed by atoms with E-state index in [4.69, 9.17) is 9.84 Å². The van der Waals surface area contributed by atoms with Crippen molar-refractivity contribution in [1.82, 2.24) is 9.88 Å². The predicted molar refractivity (Wildman–Crippen MR) is 100 cm³/mol. The first kappa shape index (κ1) is 19.2. The minimum absolute atomic E-state index is 0.0186. The van der Waals surface area contributed by atoms with Crippen molar-refractivity contribution in [1.29, 1.82) is 0 Å². The molecule has 0 bridgehead atoms. The van der Waals surface area contributed by atoms with Crippen LogP contribution in [0.25, 0.3) is 0 Å². The summed E-state index contributed by atoms with van der Waals surface area (Å²) in [6, 6.07) is 11.7. The second kappa shape index (κ2) is 8.45. The van der Waals surface area contributed by atoms with E-state index in [1.807, 2.05) is 0 Å². The Morgan fingerprint density at radius 3 is 2.64 bits per heavy atom. The molecule has 0 saturated heterocycles. The first-order valence-corrected chi connectivity index (χ1v) is 8.60. The van der Waals surface area contributed by atoms with Crippen molar-refractivity contribution in [2.24, 2.45) is 0 Å². The maximum Gasteiger partial charge on any atom is 0.337 e. The number of carbonyl (C=O) groups excluding carboxylic acids is 3. The van der Waals surface area contributed by atoms with Gasteiger partial charge in [-0.15, -0.1) is 0 Å². The Bertz CT molecular complexity index is 940. The van der Waals surface area contributed by atoms with Gasteiger partial charge in [0.2, 0.25) is 5.78 Å². The summed E-state index contributed by atoms with van der Waals surface area (Å²) in [4.78, 5) is 43.0. The van der Waals surface area contributed by atoms with Crippen LogP contribution >= 0.6 is 0 Å². The number of β-amino-alcohol motifs (C(OH)–C–C–N with tert-alkyl or cyclic N) is 1. The SMILES string of the molecule is COC(=O)C1=C(Nc2ccccc2C(=O)c2ccccn2)C(=O)N(CCO)C1. The number of aromatic nitrogens is 1. The molecule has 1 aromatic carbocycles. The lowest BCUT2D eigenvalue weighted by Crippen LogP contribution is -2.31. The van der Waals surface area contributed by atoms with Crippen LogP contribution in [0, 0.1) is 0 Å². The van der Waals surface area contributed by atoms with E-state index in [1.54, 1.807) is 42.5 Å². The molecule has 2 heterocycles. The Morgan fingerprint density at radius 2 is 1.96 bits per heavy atom. The fraction of sp³-hybridized carbons (Fsp3) is 0.200. The molecule has 0 aliphatic carbocycles. The molecule has 8 nitrogen and oxygen atoms in total. The smallest absolute Gasteiger partial charge is 0.337 e. The maximum absolute atomic E-state index is 12.8. The van der Waals surface area contributed by atoms with Crippen LogP contribution in [0.15, 0.2) is 59.9 Å². The van der Waals surface area contributed by atoms with Gasteiger partial charge in [-0.2, -0.15) is 0 Å². The zero-order chi connectivity index (χ0) is 20.1. The first-order chi connectivity index (χ1) is 13.6. The highest BCUT2D eigenvalue weighted by atomic mass is 16.5. The molecule has 8 heteroatoms. The number of anilines is 1. The van der Waals surface area contributed by atoms with Crippen molar-refractivity contribution in [3.05, 3.63) is 71.2 Å². The number of aliphatic hydroxyl groups excluding tert-OH is 1. The summed E-state index contributed by atoms with van der Waals surface area (Å²) in [5.74, 6) is -1.42. The van der Waals surface area contributed by atoms with Gasteiger partial charge in [0.15, 0.2) is 0 Å². The summed E-state index contributed by atoms with van der Waals surface area (Å²) in [6.45, 7) is -0.133. The van der Waals surface area contributed by atoms with Gasteiger partial charge in [0.05, 0.1) is 25.8 Å². The van der Waals surface area contributed by atoms with Crippen molar-refractivity contribution < 1.29 is 24.2 Å². The number of methoxy groups -OCH3 is 1. The minimum Gasteiger partial charge on any atom is -0.466 e. The lowest BCUT2D eigenvalue weighted by Gasteiger charge is -2.15. The average molecular weight is 381 g/mol. The van der Waals surface area contributed by atoms with Crippen LogP contribution < -0.4 is 5.32 Å². The second-order valence-corrected chi connectivity index (χ2v) is 6.01. The van der Waals surface area contributed by atoms with Gasteiger partial charge in [0, 0.05) is 24.0 Å². The Kier molecular flexibility index (Phi) is 5.81. The fourth-order valence-electron chi connectivity index (χ4n) is 2.91. The van der Waals surface area contributed by atoms with E-state index >= 15 is 0 Å². The van der Waals surface area contributed by atoms with Crippen molar-refractivity contribution in [2.75, 3.05) is 32.1 Å². The first-order valence-electron chi connectivity index (χ1n) is 8.60. The number of benzene rings is 1. The second-order valence-electron chi connectivity index (χ2n) is 6.01. The lowest BCUT2D eigenvalue weighted by atomic mass is 10.0. The van der Waals surface area contributed by atoms with Gasteiger partial charge in [-0.05, 0) is 24.3 Å². The van der Waals surface area contributed by atoms with Crippen LogP contribution in [0.3, 0.4) is 0 Å². The van der Waals surface area contributed by atoms with Crippen LogP contribution in [-0.4, -0.2) is 59.5 Å². The van der Waals surface area contributed by atoms with E-state index in [0.717, 1.165) is 0 Å². The van der Waals surface area contributed by atoms with E-state index < -0.39 is 11.9 Å². The Labute approximate surface area is 161 Å². The Hall–Kier alpha value is -3.52. The van der Waals surface area contributed by atoms with Crippen LogP contribution in [-0.2, 0) is 14.3 Å². The van der Waals surface area contributed by atoms with Crippen LogP contribution in [0.1, 0.15) is 16.1 Å². The zero-order valence-corrected chi connectivity index (χ0v) is 15.2. The van der Waals surface area contributed by atoms with Gasteiger partial charge in [0.25, 0.3) is 5.91 Å². The summed E-state index contributed by atoms with van der Waals surface area (Å²) in [5.41, 5.74) is 1.11. The number of nitrogens with one attached hydrogen (secondary N) is 1. The number of nitrogens with zero attached hydrogens (tertiary/aromatic N) is 2. The molecule has 28 heavy (non-hydrogen) atoms. The molecular formula is C20H19N3O5. The summed E-state index contributed by atoms with van der Waals surface area (Å²) >= 11 is 0. The van der Waals surface area contributed by atoms with Gasteiger partial charge < -0.3 is 20.1 Å². The number of rotatable bonds is 7.